The van der Waals surface area contributed by atoms with E-state index in [2.05, 4.69) is 22.8 Å². The van der Waals surface area contributed by atoms with E-state index in [4.69, 9.17) is 4.74 Å². The Morgan fingerprint density at radius 3 is 2.30 bits per heavy atom. The van der Waals surface area contributed by atoms with E-state index >= 15 is 0 Å². The zero-order chi connectivity index (χ0) is 21.9. The predicted octanol–water partition coefficient (Wildman–Crippen LogP) is 4.26. The Balaban J connectivity index is 1.61. The molecule has 2 N–H and O–H groups in total. The second-order valence-electron chi connectivity index (χ2n) is 7.68. The molecule has 2 aromatic carbocycles. The van der Waals surface area contributed by atoms with Gasteiger partial charge in [0.25, 0.3) is 5.91 Å². The molecule has 2 aromatic rings. The Kier molecular flexibility index (Phi) is 9.32. The molecule has 0 aromatic heterocycles. The van der Waals surface area contributed by atoms with Gasteiger partial charge in [-0.05, 0) is 82.0 Å². The van der Waals surface area contributed by atoms with Gasteiger partial charge in [-0.3, -0.25) is 9.59 Å². The largest absolute Gasteiger partial charge is 0.491 e. The zero-order valence-corrected chi connectivity index (χ0v) is 17.9. The van der Waals surface area contributed by atoms with E-state index in [-0.39, 0.29) is 29.8 Å². The summed E-state index contributed by atoms with van der Waals surface area (Å²) in [6.07, 6.45) is 2.76. The maximum Gasteiger partial charge on any atom is 0.251 e. The lowest BCUT2D eigenvalue weighted by atomic mass is 10.1. The van der Waals surface area contributed by atoms with Gasteiger partial charge in [0.2, 0.25) is 5.91 Å². The van der Waals surface area contributed by atoms with Crippen LogP contribution in [0.1, 0.15) is 56.0 Å². The first kappa shape index (κ1) is 23.4. The van der Waals surface area contributed by atoms with Gasteiger partial charge in [-0.25, -0.2) is 4.39 Å². The Morgan fingerprint density at radius 2 is 1.67 bits per heavy atom. The summed E-state index contributed by atoms with van der Waals surface area (Å²) in [6, 6.07) is 13.5. The van der Waals surface area contributed by atoms with Crippen molar-refractivity contribution >= 4 is 11.8 Å². The monoisotopic (exact) mass is 414 g/mol. The van der Waals surface area contributed by atoms with Gasteiger partial charge in [-0.1, -0.05) is 12.1 Å². The number of amides is 2. The average Bonchev–Trinajstić information content (AvgIpc) is 2.70. The molecule has 0 aliphatic carbocycles. The van der Waals surface area contributed by atoms with Gasteiger partial charge in [0, 0.05) is 24.6 Å². The molecule has 0 heterocycles. The number of hydrogen-bond acceptors (Lipinski definition) is 3. The summed E-state index contributed by atoms with van der Waals surface area (Å²) in [6.45, 7) is 6.38. The minimum absolute atomic E-state index is 0.0285. The van der Waals surface area contributed by atoms with Gasteiger partial charge < -0.3 is 15.4 Å². The molecule has 0 radical (unpaired) electrons. The summed E-state index contributed by atoms with van der Waals surface area (Å²) in [5.41, 5.74) is 1.61. The number of halogens is 1. The van der Waals surface area contributed by atoms with Crippen molar-refractivity contribution in [3.63, 3.8) is 0 Å². The number of carbonyl (C=O) groups excluding carboxylic acids is 2. The van der Waals surface area contributed by atoms with Crippen LogP contribution in [-0.2, 0) is 11.2 Å². The van der Waals surface area contributed by atoms with Crippen molar-refractivity contribution in [1.29, 1.82) is 0 Å². The third kappa shape index (κ3) is 8.64. The smallest absolute Gasteiger partial charge is 0.251 e. The Bertz CT molecular complexity index is 804. The van der Waals surface area contributed by atoms with E-state index in [1.165, 1.54) is 29.8 Å². The molecule has 30 heavy (non-hydrogen) atoms. The molecular weight excluding hydrogens is 383 g/mol. The highest BCUT2D eigenvalue weighted by Gasteiger charge is 2.09. The average molecular weight is 415 g/mol. The molecule has 0 aliphatic rings. The van der Waals surface area contributed by atoms with E-state index in [1.54, 1.807) is 0 Å². The van der Waals surface area contributed by atoms with Crippen molar-refractivity contribution in [2.24, 2.45) is 0 Å². The van der Waals surface area contributed by atoms with Crippen LogP contribution in [0.15, 0.2) is 48.5 Å². The van der Waals surface area contributed by atoms with Gasteiger partial charge in [-0.2, -0.15) is 0 Å². The van der Waals surface area contributed by atoms with Crippen LogP contribution in [0.5, 0.6) is 5.75 Å². The number of rotatable bonds is 11. The Hall–Kier alpha value is -2.89. The van der Waals surface area contributed by atoms with Crippen molar-refractivity contribution < 1.29 is 18.7 Å². The maximum absolute atomic E-state index is 12.9. The Labute approximate surface area is 178 Å². The normalized spacial score (nSPS) is 11.8. The molecule has 1 atom stereocenters. The van der Waals surface area contributed by atoms with Crippen LogP contribution in [0.3, 0.4) is 0 Å². The molecule has 0 saturated heterocycles. The lowest BCUT2D eigenvalue weighted by Crippen LogP contribution is -2.33. The van der Waals surface area contributed by atoms with Crippen LogP contribution in [0.25, 0.3) is 0 Å². The summed E-state index contributed by atoms with van der Waals surface area (Å²) in [4.78, 5) is 24.0. The van der Waals surface area contributed by atoms with E-state index in [1.807, 2.05) is 32.9 Å². The van der Waals surface area contributed by atoms with Crippen molar-refractivity contribution in [3.8, 4) is 5.75 Å². The Morgan fingerprint density at radius 1 is 1.00 bits per heavy atom. The molecule has 2 amide bonds. The van der Waals surface area contributed by atoms with Gasteiger partial charge in [0.1, 0.15) is 11.6 Å². The van der Waals surface area contributed by atoms with Crippen molar-refractivity contribution in [2.75, 3.05) is 6.54 Å². The van der Waals surface area contributed by atoms with Gasteiger partial charge in [0.15, 0.2) is 0 Å². The lowest BCUT2D eigenvalue weighted by Gasteiger charge is -2.14. The molecule has 162 valence electrons. The number of ether oxygens (including phenoxy) is 1. The highest BCUT2D eigenvalue weighted by Crippen LogP contribution is 2.15. The van der Waals surface area contributed by atoms with Crippen LogP contribution < -0.4 is 15.4 Å². The third-order valence-electron chi connectivity index (χ3n) is 4.54. The quantitative estimate of drug-likeness (QED) is 0.540. The van der Waals surface area contributed by atoms with Crippen LogP contribution in [0.4, 0.5) is 4.39 Å². The minimum Gasteiger partial charge on any atom is -0.491 e. The van der Waals surface area contributed by atoms with Crippen molar-refractivity contribution in [2.45, 2.75) is 58.6 Å². The van der Waals surface area contributed by atoms with Crippen LogP contribution in [-0.4, -0.2) is 30.5 Å². The standard InChI is InChI=1S/C24H31FN2O3/c1-17(2)30-22-14-8-19(9-15-22)7-6-18(3)27-23(28)5-4-16-26-24(29)20-10-12-21(25)13-11-20/h8-15,17-18H,4-7,16H2,1-3H3,(H,26,29)(H,27,28). The van der Waals surface area contributed by atoms with E-state index < -0.39 is 0 Å². The zero-order valence-electron chi connectivity index (χ0n) is 17.9. The summed E-state index contributed by atoms with van der Waals surface area (Å²) in [7, 11) is 0. The fraction of sp³-hybridized carbons (Fsp3) is 0.417. The molecule has 0 spiro atoms. The van der Waals surface area contributed by atoms with Crippen LogP contribution in [0.2, 0.25) is 0 Å². The highest BCUT2D eigenvalue weighted by molar-refractivity contribution is 5.94. The minimum atomic E-state index is -0.380. The second-order valence-corrected chi connectivity index (χ2v) is 7.68. The topological polar surface area (TPSA) is 67.4 Å². The molecule has 6 heteroatoms. The highest BCUT2D eigenvalue weighted by atomic mass is 19.1. The molecule has 0 fully saturated rings. The van der Waals surface area contributed by atoms with E-state index in [9.17, 15) is 14.0 Å². The third-order valence-corrected chi connectivity index (χ3v) is 4.54. The number of carbonyl (C=O) groups is 2. The predicted molar refractivity (Wildman–Crippen MR) is 116 cm³/mol. The number of benzene rings is 2. The summed E-state index contributed by atoms with van der Waals surface area (Å²) in [5.74, 6) is 0.184. The van der Waals surface area contributed by atoms with Gasteiger partial charge in [-0.15, -0.1) is 0 Å². The fourth-order valence-corrected chi connectivity index (χ4v) is 2.96. The lowest BCUT2D eigenvalue weighted by molar-refractivity contribution is -0.121. The summed E-state index contributed by atoms with van der Waals surface area (Å²) in [5, 5.41) is 5.73. The SMILES string of the molecule is CC(CCc1ccc(OC(C)C)cc1)NC(=O)CCCNC(=O)c1ccc(F)cc1. The number of hydrogen-bond donors (Lipinski definition) is 2. The van der Waals surface area contributed by atoms with Crippen molar-refractivity contribution in [1.82, 2.24) is 10.6 Å². The summed E-state index contributed by atoms with van der Waals surface area (Å²) < 4.78 is 18.5. The molecule has 1 unspecified atom stereocenters. The molecule has 0 aliphatic heterocycles. The summed E-state index contributed by atoms with van der Waals surface area (Å²) >= 11 is 0. The van der Waals surface area contributed by atoms with Crippen LogP contribution >= 0.6 is 0 Å². The number of aryl methyl sites for hydroxylation is 1. The molecule has 2 rings (SSSR count). The first-order chi connectivity index (χ1) is 14.3. The first-order valence-electron chi connectivity index (χ1n) is 10.4. The van der Waals surface area contributed by atoms with E-state index in [0.717, 1.165) is 18.6 Å². The molecular formula is C24H31FN2O3. The van der Waals surface area contributed by atoms with Gasteiger partial charge >= 0.3 is 0 Å². The molecule has 5 nitrogen and oxygen atoms in total. The first-order valence-corrected chi connectivity index (χ1v) is 10.4. The van der Waals surface area contributed by atoms with Crippen molar-refractivity contribution in [3.05, 3.63) is 65.5 Å². The van der Waals surface area contributed by atoms with E-state index in [0.29, 0.717) is 24.9 Å². The number of nitrogens with one attached hydrogen (secondary N) is 2. The van der Waals surface area contributed by atoms with Gasteiger partial charge in [0.05, 0.1) is 6.10 Å². The molecule has 0 bridgehead atoms. The molecule has 0 saturated carbocycles. The fourth-order valence-electron chi connectivity index (χ4n) is 2.96. The maximum atomic E-state index is 12.9. The second kappa shape index (κ2) is 12.0. The van der Waals surface area contributed by atoms with Crippen LogP contribution in [0, 0.1) is 5.82 Å².